The molecular weight excluding hydrogens is 1120 g/mol. The third kappa shape index (κ3) is 11.8. The maximum atomic E-state index is 13.1. The molecule has 4 bridgehead atoms. The number of sulfonamides is 2. The Kier molecular flexibility index (Phi) is 16.4. The van der Waals surface area contributed by atoms with E-state index in [1.54, 1.807) is 36.4 Å². The molecule has 8 aliphatic rings. The van der Waals surface area contributed by atoms with Crippen molar-refractivity contribution in [3.05, 3.63) is 116 Å². The Bertz CT molecular complexity index is 3240. The summed E-state index contributed by atoms with van der Waals surface area (Å²) in [6.07, 6.45) is 12.6. The van der Waals surface area contributed by atoms with Gasteiger partial charge in [-0.3, -0.25) is 9.59 Å². The minimum atomic E-state index is -3.83. The largest absolute Gasteiger partial charge is 0.490 e. The van der Waals surface area contributed by atoms with Crippen molar-refractivity contribution >= 4 is 66.4 Å². The average molecular weight is 1200 g/mol. The van der Waals surface area contributed by atoms with E-state index in [9.17, 15) is 47.2 Å². The van der Waals surface area contributed by atoms with Gasteiger partial charge in [0, 0.05) is 70.0 Å². The van der Waals surface area contributed by atoms with Gasteiger partial charge in [-0.05, 0) is 197 Å². The SMILES string of the molecule is N#C[C@@]1(O)CCCCCS(=O)(=O)NC(=O)c2ccc3c(c2)N(C[C@@H]2CC[C@H]21)C[C@@]1(CCCc2cc(Cl)ccc21)CO3.N#C[C@]1(O)CCCCCS(=O)(=O)NC(=O)c2ccc3c(c2)N(C[C@@H]2CC[C@H]21)C[C@@]1(CCCc2cc(Cl)ccc21)CO3. The van der Waals surface area contributed by atoms with Crippen LogP contribution < -0.4 is 28.7 Å². The summed E-state index contributed by atoms with van der Waals surface area (Å²) in [5, 5.41) is 44.4. The van der Waals surface area contributed by atoms with Gasteiger partial charge in [0.05, 0.1) is 48.2 Å². The van der Waals surface area contributed by atoms with E-state index >= 15 is 0 Å². The van der Waals surface area contributed by atoms with Gasteiger partial charge in [0.2, 0.25) is 20.0 Å². The van der Waals surface area contributed by atoms with Crippen molar-refractivity contribution in [2.45, 2.75) is 138 Å². The molecule has 20 heteroatoms. The highest BCUT2D eigenvalue weighted by Crippen LogP contribution is 2.51. The summed E-state index contributed by atoms with van der Waals surface area (Å²) in [6.45, 7) is 3.37. The van der Waals surface area contributed by atoms with Crippen molar-refractivity contribution in [2.75, 3.05) is 60.7 Å². The lowest BCUT2D eigenvalue weighted by Crippen LogP contribution is -2.52. The molecule has 0 radical (unpaired) electrons. The number of rotatable bonds is 0. The second kappa shape index (κ2) is 23.1. The van der Waals surface area contributed by atoms with Crippen molar-refractivity contribution in [2.24, 2.45) is 23.7 Å². The Hall–Kier alpha value is -5.60. The predicted octanol–water partition coefficient (Wildman–Crippen LogP) is 9.46. The standard InChI is InChI=1S/2C31H36ClN3O5S/c2*32-24-8-10-25-21(15-24)5-4-12-30(25)19-35-17-23-6-9-26(23)31(37,18-33)13-2-1-3-14-41(38,39)34-29(36)22-7-11-28(40-20-30)27(35)16-22/h2*7-8,10-11,15-16,23,26,37H,1-6,9,12-14,17,19-20H2,(H,34,36)/t23-,26+,30-,31+;23-,26+,30-,31-/m00/s1. The molecule has 4 aliphatic heterocycles. The van der Waals surface area contributed by atoms with Crippen LogP contribution in [0, 0.1) is 46.3 Å². The number of nitrogens with one attached hydrogen (secondary N) is 2. The molecule has 2 amide bonds. The van der Waals surface area contributed by atoms with Crippen LogP contribution in [-0.4, -0.2) is 101 Å². The molecule has 0 aromatic heterocycles. The number of hydrogen-bond donors (Lipinski definition) is 4. The van der Waals surface area contributed by atoms with E-state index in [1.165, 1.54) is 22.3 Å². The molecule has 4 aromatic rings. The quantitative estimate of drug-likeness (QED) is 0.120. The zero-order valence-electron chi connectivity index (χ0n) is 46.1. The van der Waals surface area contributed by atoms with Gasteiger partial charge in [-0.2, -0.15) is 10.5 Å². The van der Waals surface area contributed by atoms with Gasteiger partial charge in [-0.15, -0.1) is 0 Å². The number of ether oxygens (including phenoxy) is 2. The number of amides is 2. The van der Waals surface area contributed by atoms with Gasteiger partial charge in [-0.25, -0.2) is 26.3 Å². The maximum Gasteiger partial charge on any atom is 0.264 e. The minimum Gasteiger partial charge on any atom is -0.490 e. The predicted molar refractivity (Wildman–Crippen MR) is 313 cm³/mol. The zero-order chi connectivity index (χ0) is 57.7. The van der Waals surface area contributed by atoms with E-state index in [-0.39, 0.29) is 57.1 Å². The van der Waals surface area contributed by atoms with Gasteiger partial charge in [0.1, 0.15) is 11.5 Å². The second-order valence-corrected chi connectivity index (χ2v) is 29.2. The molecule has 12 rings (SSSR count). The van der Waals surface area contributed by atoms with Crippen molar-refractivity contribution < 1.29 is 46.1 Å². The molecule has 82 heavy (non-hydrogen) atoms. The number of nitriles is 2. The highest BCUT2D eigenvalue weighted by atomic mass is 35.5. The number of aliphatic hydroxyl groups is 2. The van der Waals surface area contributed by atoms with Crippen LogP contribution in [0.25, 0.3) is 0 Å². The molecule has 4 heterocycles. The lowest BCUT2D eigenvalue weighted by molar-refractivity contribution is -0.0461. The van der Waals surface area contributed by atoms with Gasteiger partial charge >= 0.3 is 0 Å². The van der Waals surface area contributed by atoms with Crippen LogP contribution in [0.15, 0.2) is 72.8 Å². The number of carbonyl (C=O) groups is 2. The summed E-state index contributed by atoms with van der Waals surface area (Å²) in [6, 6.07) is 26.8. The number of hydrogen-bond acceptors (Lipinski definition) is 14. The number of fused-ring (bicyclic) bond motifs is 8. The van der Waals surface area contributed by atoms with Gasteiger partial charge < -0.3 is 29.5 Å². The van der Waals surface area contributed by atoms with Gasteiger partial charge in [0.25, 0.3) is 11.8 Å². The summed E-state index contributed by atoms with van der Waals surface area (Å²) in [5.74, 6) is -0.570. The molecule has 2 spiro atoms. The van der Waals surface area contributed by atoms with Crippen molar-refractivity contribution in [3.63, 3.8) is 0 Å². The average Bonchev–Trinajstić information content (AvgIpc) is 3.07. The fourth-order valence-corrected chi connectivity index (χ4v) is 17.3. The highest BCUT2D eigenvalue weighted by molar-refractivity contribution is 7.90. The molecule has 4 aromatic carbocycles. The van der Waals surface area contributed by atoms with E-state index in [1.807, 2.05) is 24.3 Å². The Balaban J connectivity index is 0.000000172. The van der Waals surface area contributed by atoms with Crippen molar-refractivity contribution in [1.82, 2.24) is 9.44 Å². The summed E-state index contributed by atoms with van der Waals surface area (Å²) in [7, 11) is -7.67. The zero-order valence-corrected chi connectivity index (χ0v) is 49.3. The summed E-state index contributed by atoms with van der Waals surface area (Å²) in [4.78, 5) is 30.7. The molecule has 16 nitrogen and oxygen atoms in total. The monoisotopic (exact) mass is 1190 g/mol. The Labute approximate surface area is 491 Å². The van der Waals surface area contributed by atoms with E-state index in [4.69, 9.17) is 32.7 Å². The van der Waals surface area contributed by atoms with Crippen molar-refractivity contribution in [3.8, 4) is 23.6 Å². The van der Waals surface area contributed by atoms with Crippen LogP contribution in [0.3, 0.4) is 0 Å². The number of aryl methyl sites for hydroxylation is 2. The first kappa shape index (κ1) is 58.2. The molecule has 4 aliphatic carbocycles. The number of benzene rings is 4. The Morgan fingerprint density at radius 3 is 1.37 bits per heavy atom. The first-order valence-corrected chi connectivity index (χ1v) is 33.3. The second-order valence-electron chi connectivity index (χ2n) is 24.7. The Morgan fingerprint density at radius 2 is 0.976 bits per heavy atom. The Morgan fingerprint density at radius 1 is 0.549 bits per heavy atom. The third-order valence-corrected chi connectivity index (χ3v) is 22.5. The van der Waals surface area contributed by atoms with Crippen molar-refractivity contribution in [1.29, 1.82) is 10.5 Å². The third-order valence-electron chi connectivity index (χ3n) is 19.4. The topological polar surface area (TPSA) is 239 Å². The van der Waals surface area contributed by atoms with E-state index in [0.29, 0.717) is 112 Å². The first-order valence-electron chi connectivity index (χ1n) is 29.2. The van der Waals surface area contributed by atoms with Crippen LogP contribution in [0.5, 0.6) is 11.5 Å². The molecule has 2 saturated carbocycles. The van der Waals surface area contributed by atoms with Gasteiger partial charge in [-0.1, -0.05) is 48.2 Å². The molecule has 2 fully saturated rings. The van der Waals surface area contributed by atoms with Crippen LogP contribution in [0.1, 0.15) is 146 Å². The smallest absolute Gasteiger partial charge is 0.264 e. The van der Waals surface area contributed by atoms with E-state index < -0.39 is 43.1 Å². The van der Waals surface area contributed by atoms with E-state index in [2.05, 4.69) is 43.5 Å². The summed E-state index contributed by atoms with van der Waals surface area (Å²) < 4.78 is 68.1. The number of anilines is 2. The first-order chi connectivity index (χ1) is 39.2. The fraction of sp³-hybridized carbons (Fsp3) is 0.548. The highest BCUT2D eigenvalue weighted by Gasteiger charge is 2.51. The molecule has 0 unspecified atom stereocenters. The molecule has 436 valence electrons. The molecule has 4 N–H and O–H groups in total. The van der Waals surface area contributed by atoms with Crippen LogP contribution in [-0.2, 0) is 43.7 Å². The van der Waals surface area contributed by atoms with Crippen LogP contribution in [0.2, 0.25) is 10.0 Å². The molecular formula is C62H72Cl2N6O10S2. The van der Waals surface area contributed by atoms with Crippen LogP contribution >= 0.6 is 23.2 Å². The van der Waals surface area contributed by atoms with Crippen LogP contribution in [0.4, 0.5) is 11.4 Å². The normalized spacial score (nSPS) is 31.3. The minimum absolute atomic E-state index is 0.0988. The summed E-state index contributed by atoms with van der Waals surface area (Å²) in [5.41, 5.74) is 3.30. The lowest BCUT2D eigenvalue weighted by Gasteiger charge is -2.47. The van der Waals surface area contributed by atoms with Gasteiger partial charge in [0.15, 0.2) is 11.2 Å². The number of carbonyl (C=O) groups excluding carboxylic acids is 2. The fourth-order valence-electron chi connectivity index (χ4n) is 14.8. The molecule has 8 atom stereocenters. The lowest BCUT2D eigenvalue weighted by atomic mass is 9.63. The maximum absolute atomic E-state index is 13.1. The molecule has 0 saturated heterocycles. The number of halogens is 2. The van der Waals surface area contributed by atoms with E-state index in [0.717, 1.165) is 75.6 Å². The summed E-state index contributed by atoms with van der Waals surface area (Å²) >= 11 is 12.7. The number of nitrogens with zero attached hydrogens (tertiary/aromatic N) is 4.